The van der Waals surface area contributed by atoms with Crippen molar-refractivity contribution in [3.8, 4) is 5.75 Å². The van der Waals surface area contributed by atoms with Crippen LogP contribution in [0.3, 0.4) is 0 Å². The van der Waals surface area contributed by atoms with E-state index >= 15 is 0 Å². The highest BCUT2D eigenvalue weighted by molar-refractivity contribution is 9.10. The minimum absolute atomic E-state index is 0.175. The van der Waals surface area contributed by atoms with E-state index in [0.717, 1.165) is 27.9 Å². The van der Waals surface area contributed by atoms with Crippen LogP contribution in [0.1, 0.15) is 23.6 Å². The van der Waals surface area contributed by atoms with E-state index in [9.17, 15) is 4.39 Å². The lowest BCUT2D eigenvalue weighted by molar-refractivity contribution is 0.274. The summed E-state index contributed by atoms with van der Waals surface area (Å²) in [5, 5.41) is 3.46. The fraction of sp³-hybridized carbons (Fsp3) is 0.250. The number of fused-ring (bicyclic) bond motifs is 1. The van der Waals surface area contributed by atoms with Gasteiger partial charge in [-0.1, -0.05) is 15.9 Å². The monoisotopic (exact) mass is 335 g/mol. The number of hydrogen-bond donors (Lipinski definition) is 1. The van der Waals surface area contributed by atoms with Crippen LogP contribution in [0.5, 0.6) is 5.75 Å². The predicted octanol–water partition coefficient (Wildman–Crippen LogP) is 4.83. The Labute approximate surface area is 126 Å². The second-order valence-corrected chi connectivity index (χ2v) is 5.90. The third-order valence-corrected chi connectivity index (χ3v) is 4.00. The van der Waals surface area contributed by atoms with Crippen LogP contribution in [-0.2, 0) is 0 Å². The average Bonchev–Trinajstić information content (AvgIpc) is 2.44. The number of ether oxygens (including phenoxy) is 1. The molecule has 1 aliphatic heterocycles. The van der Waals surface area contributed by atoms with E-state index in [1.165, 1.54) is 6.07 Å². The third-order valence-electron chi connectivity index (χ3n) is 3.51. The molecule has 0 spiro atoms. The van der Waals surface area contributed by atoms with E-state index < -0.39 is 0 Å². The fourth-order valence-corrected chi connectivity index (χ4v) is 2.83. The van der Waals surface area contributed by atoms with Gasteiger partial charge in [0.15, 0.2) is 0 Å². The van der Waals surface area contributed by atoms with Gasteiger partial charge in [0, 0.05) is 22.1 Å². The summed E-state index contributed by atoms with van der Waals surface area (Å²) in [5.74, 6) is 0.737. The maximum Gasteiger partial charge on any atom is 0.126 e. The van der Waals surface area contributed by atoms with Crippen LogP contribution in [0.4, 0.5) is 10.1 Å². The molecule has 3 rings (SSSR count). The Hall–Kier alpha value is -1.55. The van der Waals surface area contributed by atoms with Gasteiger partial charge in [-0.15, -0.1) is 0 Å². The van der Waals surface area contributed by atoms with Crippen LogP contribution in [-0.4, -0.2) is 6.61 Å². The molecule has 0 bridgehead atoms. The van der Waals surface area contributed by atoms with Crippen LogP contribution in [0, 0.1) is 12.7 Å². The molecule has 0 radical (unpaired) electrons. The van der Waals surface area contributed by atoms with Gasteiger partial charge in [-0.05, 0) is 48.9 Å². The Kier molecular flexibility index (Phi) is 3.66. The Bertz CT molecular complexity index is 644. The first kappa shape index (κ1) is 13.4. The molecule has 20 heavy (non-hydrogen) atoms. The highest BCUT2D eigenvalue weighted by Gasteiger charge is 2.21. The van der Waals surface area contributed by atoms with Crippen molar-refractivity contribution in [2.24, 2.45) is 0 Å². The molecule has 4 heteroatoms. The van der Waals surface area contributed by atoms with E-state index in [4.69, 9.17) is 4.74 Å². The van der Waals surface area contributed by atoms with Crippen molar-refractivity contribution >= 4 is 21.6 Å². The lowest BCUT2D eigenvalue weighted by Gasteiger charge is -2.27. The molecule has 1 atom stereocenters. The number of rotatable bonds is 2. The van der Waals surface area contributed by atoms with Crippen molar-refractivity contribution in [1.29, 1.82) is 0 Å². The Balaban J connectivity index is 1.89. The fourth-order valence-electron chi connectivity index (χ4n) is 2.45. The zero-order chi connectivity index (χ0) is 14.1. The maximum absolute atomic E-state index is 13.3. The van der Waals surface area contributed by atoms with Crippen LogP contribution in [0.25, 0.3) is 0 Å². The van der Waals surface area contributed by atoms with Crippen molar-refractivity contribution in [2.45, 2.75) is 19.4 Å². The van der Waals surface area contributed by atoms with Crippen molar-refractivity contribution < 1.29 is 9.13 Å². The molecular formula is C16H15BrFNO. The normalized spacial score (nSPS) is 17.2. The van der Waals surface area contributed by atoms with Crippen LogP contribution in [0.2, 0.25) is 0 Å². The highest BCUT2D eigenvalue weighted by Crippen LogP contribution is 2.36. The second kappa shape index (κ2) is 5.44. The van der Waals surface area contributed by atoms with Gasteiger partial charge in [-0.2, -0.15) is 0 Å². The number of anilines is 1. The summed E-state index contributed by atoms with van der Waals surface area (Å²) in [6.07, 6.45) is 0.889. The largest absolute Gasteiger partial charge is 0.493 e. The minimum Gasteiger partial charge on any atom is -0.493 e. The molecule has 0 saturated heterocycles. The highest BCUT2D eigenvalue weighted by atomic mass is 79.9. The first-order valence-electron chi connectivity index (χ1n) is 6.58. The smallest absolute Gasteiger partial charge is 0.126 e. The second-order valence-electron chi connectivity index (χ2n) is 4.98. The van der Waals surface area contributed by atoms with E-state index in [0.29, 0.717) is 12.2 Å². The van der Waals surface area contributed by atoms with Gasteiger partial charge in [0.1, 0.15) is 11.6 Å². The quantitative estimate of drug-likeness (QED) is 0.848. The first-order chi connectivity index (χ1) is 9.63. The summed E-state index contributed by atoms with van der Waals surface area (Å²) < 4.78 is 20.0. The first-order valence-corrected chi connectivity index (χ1v) is 7.38. The van der Waals surface area contributed by atoms with Gasteiger partial charge in [-0.25, -0.2) is 4.39 Å². The number of benzene rings is 2. The zero-order valence-electron chi connectivity index (χ0n) is 11.1. The van der Waals surface area contributed by atoms with Crippen LogP contribution in [0.15, 0.2) is 40.9 Å². The maximum atomic E-state index is 13.3. The molecule has 0 aliphatic carbocycles. The number of halogens is 2. The summed E-state index contributed by atoms with van der Waals surface area (Å²) in [5.41, 5.74) is 2.71. The number of hydrogen-bond acceptors (Lipinski definition) is 2. The van der Waals surface area contributed by atoms with E-state index in [1.807, 2.05) is 18.2 Å². The predicted molar refractivity (Wildman–Crippen MR) is 81.8 cm³/mol. The number of nitrogens with one attached hydrogen (secondary N) is 1. The summed E-state index contributed by atoms with van der Waals surface area (Å²) >= 11 is 3.49. The lowest BCUT2D eigenvalue weighted by Crippen LogP contribution is -2.20. The standard InChI is InChI=1S/C16H15BrFNO/c1-10-8-12(3-4-14(10)18)19-15-6-7-20-16-5-2-11(17)9-13(15)16/h2-5,8-9,15,19H,6-7H2,1H3. The molecular weight excluding hydrogens is 321 g/mol. The molecule has 0 saturated carbocycles. The van der Waals surface area contributed by atoms with Crippen molar-refractivity contribution in [1.82, 2.24) is 0 Å². The van der Waals surface area contributed by atoms with Gasteiger partial charge in [0.05, 0.1) is 12.6 Å². The van der Waals surface area contributed by atoms with E-state index in [2.05, 4.69) is 27.3 Å². The molecule has 104 valence electrons. The van der Waals surface area contributed by atoms with Crippen LogP contribution < -0.4 is 10.1 Å². The summed E-state index contributed by atoms with van der Waals surface area (Å²) in [4.78, 5) is 0. The summed E-state index contributed by atoms with van der Waals surface area (Å²) in [6, 6.07) is 11.3. The lowest BCUT2D eigenvalue weighted by atomic mass is 10.00. The summed E-state index contributed by atoms with van der Waals surface area (Å²) in [6.45, 7) is 2.46. The van der Waals surface area contributed by atoms with E-state index in [-0.39, 0.29) is 11.9 Å². The topological polar surface area (TPSA) is 21.3 Å². The third kappa shape index (κ3) is 2.66. The Morgan fingerprint density at radius 1 is 1.25 bits per heavy atom. The van der Waals surface area contributed by atoms with Crippen molar-refractivity contribution in [3.05, 3.63) is 57.8 Å². The molecule has 1 unspecified atom stereocenters. The molecule has 0 aromatic heterocycles. The van der Waals surface area contributed by atoms with Crippen LogP contribution >= 0.6 is 15.9 Å². The van der Waals surface area contributed by atoms with Gasteiger partial charge in [-0.3, -0.25) is 0 Å². The van der Waals surface area contributed by atoms with Gasteiger partial charge in [0.2, 0.25) is 0 Å². The molecule has 0 amide bonds. The molecule has 1 heterocycles. The zero-order valence-corrected chi connectivity index (χ0v) is 12.7. The van der Waals surface area contributed by atoms with E-state index in [1.54, 1.807) is 13.0 Å². The summed E-state index contributed by atoms with van der Waals surface area (Å²) in [7, 11) is 0. The molecule has 2 aromatic rings. The molecule has 0 fully saturated rings. The Morgan fingerprint density at radius 3 is 2.90 bits per heavy atom. The van der Waals surface area contributed by atoms with Gasteiger partial charge < -0.3 is 10.1 Å². The van der Waals surface area contributed by atoms with Gasteiger partial charge >= 0.3 is 0 Å². The molecule has 2 nitrogen and oxygen atoms in total. The SMILES string of the molecule is Cc1cc(NC2CCOc3ccc(Br)cc32)ccc1F. The van der Waals surface area contributed by atoms with Gasteiger partial charge in [0.25, 0.3) is 0 Å². The molecule has 1 aliphatic rings. The molecule has 2 aromatic carbocycles. The van der Waals surface area contributed by atoms with Crippen molar-refractivity contribution in [3.63, 3.8) is 0 Å². The Morgan fingerprint density at radius 2 is 2.10 bits per heavy atom. The van der Waals surface area contributed by atoms with Crippen molar-refractivity contribution in [2.75, 3.05) is 11.9 Å². The molecule has 1 N–H and O–H groups in total. The number of aryl methyl sites for hydroxylation is 1. The average molecular weight is 336 g/mol. The minimum atomic E-state index is -0.175.